The molecule has 4 aromatic heterocycles. The molecule has 0 aliphatic heterocycles. The molecule has 7 aromatic carbocycles. The predicted molar refractivity (Wildman–Crippen MR) is 232 cm³/mol. The molecule has 0 saturated carbocycles. The molecule has 4 nitrogen and oxygen atoms in total. The predicted octanol–water partition coefficient (Wildman–Crippen LogP) is 13.3. The molecule has 0 spiro atoms. The van der Waals surface area contributed by atoms with E-state index in [0.29, 0.717) is 0 Å². The summed E-state index contributed by atoms with van der Waals surface area (Å²) >= 11 is 0. The van der Waals surface area contributed by atoms with Crippen molar-refractivity contribution in [2.45, 2.75) is 0 Å². The molecule has 262 valence electrons. The van der Waals surface area contributed by atoms with Crippen LogP contribution in [-0.2, 0) is 0 Å². The minimum absolute atomic E-state index is 0.873. The van der Waals surface area contributed by atoms with Crippen molar-refractivity contribution < 1.29 is 0 Å². The van der Waals surface area contributed by atoms with Gasteiger partial charge in [-0.05, 0) is 100 Å². The lowest BCUT2D eigenvalue weighted by Crippen LogP contribution is -2.00. The first-order valence-corrected chi connectivity index (χ1v) is 19.0. The normalized spacial score (nSPS) is 11.6. The average molecular weight is 715 g/mol. The molecule has 0 aliphatic rings. The van der Waals surface area contributed by atoms with Crippen molar-refractivity contribution in [2.24, 2.45) is 0 Å². The monoisotopic (exact) mass is 714 g/mol. The first kappa shape index (κ1) is 31.9. The summed E-state index contributed by atoms with van der Waals surface area (Å²) in [6.45, 7) is 0. The van der Waals surface area contributed by atoms with E-state index in [-0.39, 0.29) is 0 Å². The molecule has 56 heavy (non-hydrogen) atoms. The highest BCUT2D eigenvalue weighted by molar-refractivity contribution is 6.12. The highest BCUT2D eigenvalue weighted by Gasteiger charge is 2.18. The molecule has 0 amide bonds. The minimum atomic E-state index is 0.873. The molecule has 0 radical (unpaired) electrons. The van der Waals surface area contributed by atoms with Gasteiger partial charge in [0, 0.05) is 45.2 Å². The van der Waals surface area contributed by atoms with Crippen LogP contribution < -0.4 is 0 Å². The Bertz CT molecular complexity index is 3160. The maximum absolute atomic E-state index is 5.34. The van der Waals surface area contributed by atoms with Gasteiger partial charge >= 0.3 is 0 Å². The van der Waals surface area contributed by atoms with Crippen molar-refractivity contribution in [2.75, 3.05) is 0 Å². The third-order valence-electron chi connectivity index (χ3n) is 11.0. The molecular formula is C52H34N4. The van der Waals surface area contributed by atoms with E-state index in [1.165, 1.54) is 49.3 Å². The van der Waals surface area contributed by atoms with E-state index in [1.54, 1.807) is 0 Å². The van der Waals surface area contributed by atoms with Gasteiger partial charge in [0.15, 0.2) is 0 Å². The third-order valence-corrected chi connectivity index (χ3v) is 11.0. The van der Waals surface area contributed by atoms with Crippen LogP contribution in [0.5, 0.6) is 0 Å². The summed E-state index contributed by atoms with van der Waals surface area (Å²) in [6, 6.07) is 69.6. The number of fused-ring (bicyclic) bond motifs is 6. The van der Waals surface area contributed by atoms with Crippen molar-refractivity contribution in [1.29, 1.82) is 0 Å². The van der Waals surface area contributed by atoms with E-state index in [9.17, 15) is 0 Å². The van der Waals surface area contributed by atoms with Crippen molar-refractivity contribution >= 4 is 43.6 Å². The molecule has 0 bridgehead atoms. The van der Waals surface area contributed by atoms with Crippen LogP contribution in [0.3, 0.4) is 0 Å². The van der Waals surface area contributed by atoms with Crippen LogP contribution >= 0.6 is 0 Å². The van der Waals surface area contributed by atoms with Crippen LogP contribution in [0.25, 0.3) is 99.8 Å². The number of pyridine rings is 2. The lowest BCUT2D eigenvalue weighted by Gasteiger charge is -2.13. The molecule has 0 fully saturated rings. The summed E-state index contributed by atoms with van der Waals surface area (Å²) in [5, 5.41) is 4.85. The maximum atomic E-state index is 5.34. The number of para-hydroxylation sites is 2. The Morgan fingerprint density at radius 2 is 0.839 bits per heavy atom. The highest BCUT2D eigenvalue weighted by Crippen LogP contribution is 2.39. The Balaban J connectivity index is 1.08. The fourth-order valence-corrected chi connectivity index (χ4v) is 8.36. The van der Waals surface area contributed by atoms with E-state index in [4.69, 9.17) is 4.98 Å². The lowest BCUT2D eigenvalue weighted by atomic mass is 10.0. The molecule has 0 aliphatic carbocycles. The Labute approximate surface area is 324 Å². The van der Waals surface area contributed by atoms with Gasteiger partial charge in [-0.2, -0.15) is 0 Å². The van der Waals surface area contributed by atoms with Crippen LogP contribution in [-0.4, -0.2) is 19.1 Å². The number of hydrogen-bond donors (Lipinski definition) is 0. The zero-order valence-corrected chi connectivity index (χ0v) is 30.4. The topological polar surface area (TPSA) is 35.6 Å². The Hall–Kier alpha value is -7.56. The summed E-state index contributed by atoms with van der Waals surface area (Å²) in [5.74, 6) is 0.873. The number of aromatic nitrogens is 4. The summed E-state index contributed by atoms with van der Waals surface area (Å²) in [5.41, 5.74) is 14.7. The summed E-state index contributed by atoms with van der Waals surface area (Å²) in [7, 11) is 0. The second-order valence-corrected chi connectivity index (χ2v) is 14.3. The van der Waals surface area contributed by atoms with E-state index in [2.05, 4.69) is 196 Å². The molecular weight excluding hydrogens is 681 g/mol. The van der Waals surface area contributed by atoms with Gasteiger partial charge in [-0.1, -0.05) is 127 Å². The van der Waals surface area contributed by atoms with Gasteiger partial charge in [0.25, 0.3) is 0 Å². The smallest absolute Gasteiger partial charge is 0.138 e. The standard InChI is InChI=1S/C52H34N4/c1-3-11-35(12-4-1)37-19-23-42(24-20-37)55-48-17-9-8-16-44(48)46-31-39(22-26-50(46)55)40-21-25-45-43-15-7-10-18-49(43)56(51(45)33-40)52-34-41(36-13-5-2-6-14-36)32-47(54-52)38-27-29-53-30-28-38/h1-34H. The van der Waals surface area contributed by atoms with Crippen molar-refractivity contribution in [3.05, 3.63) is 207 Å². The highest BCUT2D eigenvalue weighted by atomic mass is 15.1. The number of benzene rings is 7. The second-order valence-electron chi connectivity index (χ2n) is 14.3. The van der Waals surface area contributed by atoms with Gasteiger partial charge in [0.1, 0.15) is 5.82 Å². The fraction of sp³-hybridized carbons (Fsp3) is 0. The molecule has 0 N–H and O–H groups in total. The zero-order valence-electron chi connectivity index (χ0n) is 30.4. The molecule has 0 saturated heterocycles. The van der Waals surface area contributed by atoms with Crippen molar-refractivity contribution in [3.63, 3.8) is 0 Å². The number of hydrogen-bond acceptors (Lipinski definition) is 2. The quantitative estimate of drug-likeness (QED) is 0.172. The summed E-state index contributed by atoms with van der Waals surface area (Å²) < 4.78 is 4.71. The van der Waals surface area contributed by atoms with Crippen LogP contribution in [0.4, 0.5) is 0 Å². The van der Waals surface area contributed by atoms with E-state index in [1.807, 2.05) is 24.5 Å². The Kier molecular flexibility index (Phi) is 7.46. The van der Waals surface area contributed by atoms with Crippen LogP contribution in [0, 0.1) is 0 Å². The van der Waals surface area contributed by atoms with Crippen molar-refractivity contribution in [3.8, 4) is 56.1 Å². The van der Waals surface area contributed by atoms with Gasteiger partial charge in [-0.3, -0.25) is 9.55 Å². The van der Waals surface area contributed by atoms with Gasteiger partial charge in [0.05, 0.1) is 27.8 Å². The molecule has 0 atom stereocenters. The third kappa shape index (κ3) is 5.31. The molecule has 4 heterocycles. The molecule has 0 unspecified atom stereocenters. The summed E-state index contributed by atoms with van der Waals surface area (Å²) in [6.07, 6.45) is 3.66. The average Bonchev–Trinajstić information content (AvgIpc) is 3.79. The van der Waals surface area contributed by atoms with Gasteiger partial charge in [-0.25, -0.2) is 4.98 Å². The summed E-state index contributed by atoms with van der Waals surface area (Å²) in [4.78, 5) is 9.61. The first-order valence-electron chi connectivity index (χ1n) is 19.0. The second kappa shape index (κ2) is 13.1. The van der Waals surface area contributed by atoms with Gasteiger partial charge < -0.3 is 4.57 Å². The van der Waals surface area contributed by atoms with Crippen LogP contribution in [0.2, 0.25) is 0 Å². The fourth-order valence-electron chi connectivity index (χ4n) is 8.36. The van der Waals surface area contributed by atoms with Crippen LogP contribution in [0.15, 0.2) is 207 Å². The van der Waals surface area contributed by atoms with E-state index < -0.39 is 0 Å². The molecule has 11 rings (SSSR count). The Morgan fingerprint density at radius 1 is 0.304 bits per heavy atom. The Morgan fingerprint density at radius 3 is 1.57 bits per heavy atom. The van der Waals surface area contributed by atoms with E-state index >= 15 is 0 Å². The molecule has 11 aromatic rings. The zero-order chi connectivity index (χ0) is 37.0. The minimum Gasteiger partial charge on any atom is -0.309 e. The SMILES string of the molecule is c1ccc(-c2ccc(-n3c4ccccc4c4cc(-c5ccc6c7ccccc7n(-c7cc(-c8ccccc8)cc(-c8ccncc8)n7)c6c5)ccc43)cc2)cc1. The lowest BCUT2D eigenvalue weighted by molar-refractivity contribution is 1.08. The van der Waals surface area contributed by atoms with Gasteiger partial charge in [-0.15, -0.1) is 0 Å². The van der Waals surface area contributed by atoms with Crippen molar-refractivity contribution in [1.82, 2.24) is 19.1 Å². The maximum Gasteiger partial charge on any atom is 0.138 e. The largest absolute Gasteiger partial charge is 0.309 e. The van der Waals surface area contributed by atoms with Crippen LogP contribution in [0.1, 0.15) is 0 Å². The number of nitrogens with zero attached hydrogens (tertiary/aromatic N) is 4. The molecule has 4 heteroatoms. The number of rotatable bonds is 6. The van der Waals surface area contributed by atoms with Gasteiger partial charge in [0.2, 0.25) is 0 Å². The first-order chi connectivity index (χ1) is 27.8. The van der Waals surface area contributed by atoms with E-state index in [0.717, 1.165) is 50.5 Å².